The van der Waals surface area contributed by atoms with Crippen LogP contribution < -0.4 is 5.43 Å². The molecule has 0 aliphatic heterocycles. The first kappa shape index (κ1) is 17.7. The molecular formula is C22H20N4O2. The van der Waals surface area contributed by atoms with Crippen molar-refractivity contribution in [2.24, 2.45) is 5.10 Å². The van der Waals surface area contributed by atoms with Crippen molar-refractivity contribution in [1.29, 1.82) is 0 Å². The minimum atomic E-state index is -0.379. The molecule has 0 saturated carbocycles. The highest BCUT2D eigenvalue weighted by Crippen LogP contribution is 2.24. The number of carbonyl (C=O) groups is 1. The zero-order chi connectivity index (χ0) is 19.7. The summed E-state index contributed by atoms with van der Waals surface area (Å²) in [5.41, 5.74) is 7.66. The highest BCUT2D eigenvalue weighted by molar-refractivity contribution is 5.99. The highest BCUT2D eigenvalue weighted by atomic mass is 16.3. The number of para-hydroxylation sites is 2. The topological polar surface area (TPSA) is 72.4 Å². The lowest BCUT2D eigenvalue weighted by Crippen LogP contribution is -2.17. The summed E-state index contributed by atoms with van der Waals surface area (Å²) in [4.78, 5) is 12.5. The molecule has 4 rings (SSSR count). The third-order valence-corrected chi connectivity index (χ3v) is 4.76. The lowest BCUT2D eigenvalue weighted by atomic mass is 10.1. The smallest absolute Gasteiger partial charge is 0.307 e. The number of nitrogens with one attached hydrogen (secondary N) is 1. The van der Waals surface area contributed by atoms with Crippen molar-refractivity contribution in [2.75, 3.05) is 0 Å². The van der Waals surface area contributed by atoms with E-state index >= 15 is 0 Å². The van der Waals surface area contributed by atoms with Gasteiger partial charge in [0.2, 0.25) is 0 Å². The molecule has 0 unspecified atom stereocenters. The van der Waals surface area contributed by atoms with Gasteiger partial charge in [-0.1, -0.05) is 36.4 Å². The van der Waals surface area contributed by atoms with Crippen LogP contribution in [-0.2, 0) is 0 Å². The molecule has 28 heavy (non-hydrogen) atoms. The molecule has 1 N–H and O–H groups in total. The lowest BCUT2D eigenvalue weighted by molar-refractivity contribution is 0.0929. The second-order valence-corrected chi connectivity index (χ2v) is 6.58. The normalized spacial score (nSPS) is 11.4. The van der Waals surface area contributed by atoms with Crippen molar-refractivity contribution in [3.05, 3.63) is 82.9 Å². The van der Waals surface area contributed by atoms with Crippen LogP contribution in [0, 0.1) is 20.8 Å². The summed E-state index contributed by atoms with van der Waals surface area (Å²) in [6.45, 7) is 5.75. The molecule has 6 nitrogen and oxygen atoms in total. The largest absolute Gasteiger partial charge is 0.451 e. The molecule has 0 aliphatic rings. The quantitative estimate of drug-likeness (QED) is 0.429. The number of hydrazone groups is 1. The number of aryl methyl sites for hydroxylation is 2. The molecule has 6 heteroatoms. The fourth-order valence-corrected chi connectivity index (χ4v) is 3.26. The molecule has 2 aromatic heterocycles. The third-order valence-electron chi connectivity index (χ3n) is 4.76. The molecule has 2 aromatic carbocycles. The average Bonchev–Trinajstić information content (AvgIpc) is 3.20. The molecule has 140 valence electrons. The van der Waals surface area contributed by atoms with Gasteiger partial charge >= 0.3 is 5.91 Å². The molecule has 0 spiro atoms. The van der Waals surface area contributed by atoms with Gasteiger partial charge in [0.05, 0.1) is 23.3 Å². The van der Waals surface area contributed by atoms with Gasteiger partial charge in [-0.3, -0.25) is 4.79 Å². The second-order valence-electron chi connectivity index (χ2n) is 6.58. The summed E-state index contributed by atoms with van der Waals surface area (Å²) >= 11 is 0. The van der Waals surface area contributed by atoms with Crippen molar-refractivity contribution < 1.29 is 9.21 Å². The van der Waals surface area contributed by atoms with Gasteiger partial charge in [-0.05, 0) is 39.0 Å². The van der Waals surface area contributed by atoms with E-state index in [1.54, 1.807) is 6.21 Å². The fourth-order valence-electron chi connectivity index (χ4n) is 3.26. The van der Waals surface area contributed by atoms with Crippen molar-refractivity contribution in [2.45, 2.75) is 20.8 Å². The van der Waals surface area contributed by atoms with Crippen LogP contribution >= 0.6 is 0 Å². The van der Waals surface area contributed by atoms with Crippen LogP contribution in [0.2, 0.25) is 0 Å². The molecule has 0 bridgehead atoms. The first-order valence-corrected chi connectivity index (χ1v) is 8.99. The molecule has 1 amide bonds. The van der Waals surface area contributed by atoms with Gasteiger partial charge in [-0.15, -0.1) is 0 Å². The van der Waals surface area contributed by atoms with Crippen LogP contribution in [0.25, 0.3) is 16.7 Å². The third kappa shape index (κ3) is 3.09. The molecule has 2 heterocycles. The summed E-state index contributed by atoms with van der Waals surface area (Å²) in [5, 5.41) is 9.62. The molecular weight excluding hydrogens is 352 g/mol. The Balaban J connectivity index is 1.56. The van der Waals surface area contributed by atoms with Gasteiger partial charge in [-0.25, -0.2) is 10.1 Å². The van der Waals surface area contributed by atoms with Gasteiger partial charge in [-0.2, -0.15) is 10.2 Å². The molecule has 0 saturated heterocycles. The summed E-state index contributed by atoms with van der Waals surface area (Å²) < 4.78 is 7.53. The van der Waals surface area contributed by atoms with E-state index in [0.29, 0.717) is 5.58 Å². The van der Waals surface area contributed by atoms with Gasteiger partial charge in [0.15, 0.2) is 5.76 Å². The number of nitrogens with zero attached hydrogens (tertiary/aromatic N) is 3. The predicted octanol–water partition coefficient (Wildman–Crippen LogP) is 4.31. The maximum absolute atomic E-state index is 12.5. The SMILES string of the molecule is Cc1nn(-c2ccccc2)c(C)c1/C=N\NC(=O)c1oc2ccccc2c1C. The molecule has 4 aromatic rings. The van der Waals surface area contributed by atoms with Gasteiger partial charge in [0.1, 0.15) is 5.58 Å². The zero-order valence-electron chi connectivity index (χ0n) is 15.9. The van der Waals surface area contributed by atoms with Crippen molar-refractivity contribution in [1.82, 2.24) is 15.2 Å². The summed E-state index contributed by atoms with van der Waals surface area (Å²) in [7, 11) is 0. The summed E-state index contributed by atoms with van der Waals surface area (Å²) in [6, 6.07) is 17.4. The first-order valence-electron chi connectivity index (χ1n) is 8.99. The van der Waals surface area contributed by atoms with E-state index in [1.807, 2.05) is 80.1 Å². The Bertz CT molecular complexity index is 1190. The van der Waals surface area contributed by atoms with Gasteiger partial charge < -0.3 is 4.42 Å². The zero-order valence-corrected chi connectivity index (χ0v) is 15.9. The van der Waals surface area contributed by atoms with Crippen LogP contribution in [0.15, 0.2) is 64.1 Å². The lowest BCUT2D eigenvalue weighted by Gasteiger charge is -2.03. The molecule has 0 aliphatic carbocycles. The Labute approximate surface area is 162 Å². The molecule has 0 radical (unpaired) electrons. The maximum atomic E-state index is 12.5. The van der Waals surface area contributed by atoms with E-state index in [1.165, 1.54) is 0 Å². The maximum Gasteiger partial charge on any atom is 0.307 e. The highest BCUT2D eigenvalue weighted by Gasteiger charge is 2.17. The Morgan fingerprint density at radius 2 is 1.79 bits per heavy atom. The van der Waals surface area contributed by atoms with E-state index in [4.69, 9.17) is 4.42 Å². The second kappa shape index (κ2) is 7.15. The van der Waals surface area contributed by atoms with Crippen LogP contribution in [0.4, 0.5) is 0 Å². The predicted molar refractivity (Wildman–Crippen MR) is 109 cm³/mol. The Kier molecular flexibility index (Phi) is 4.53. The summed E-state index contributed by atoms with van der Waals surface area (Å²) in [6.07, 6.45) is 1.62. The van der Waals surface area contributed by atoms with Crippen LogP contribution in [-0.4, -0.2) is 21.9 Å². The number of amides is 1. The number of rotatable bonds is 4. The number of fused-ring (bicyclic) bond motifs is 1. The number of carbonyl (C=O) groups excluding carboxylic acids is 1. The van der Waals surface area contributed by atoms with E-state index in [0.717, 1.165) is 33.6 Å². The average molecular weight is 372 g/mol. The number of aromatic nitrogens is 2. The van der Waals surface area contributed by atoms with Gasteiger partial charge in [0.25, 0.3) is 0 Å². The van der Waals surface area contributed by atoms with Crippen molar-refractivity contribution in [3.63, 3.8) is 0 Å². The summed E-state index contributed by atoms with van der Waals surface area (Å²) in [5.74, 6) is -0.109. The minimum absolute atomic E-state index is 0.270. The van der Waals surface area contributed by atoms with E-state index < -0.39 is 0 Å². The monoisotopic (exact) mass is 372 g/mol. The van der Waals surface area contributed by atoms with Crippen molar-refractivity contribution in [3.8, 4) is 5.69 Å². The van der Waals surface area contributed by atoms with E-state index in [9.17, 15) is 4.79 Å². The van der Waals surface area contributed by atoms with Gasteiger partial charge in [0, 0.05) is 16.5 Å². The van der Waals surface area contributed by atoms with E-state index in [2.05, 4.69) is 15.6 Å². The van der Waals surface area contributed by atoms with Crippen LogP contribution in [0.5, 0.6) is 0 Å². The number of furan rings is 1. The standard InChI is InChI=1S/C22H20N4O2/c1-14-18-11-7-8-12-20(18)28-21(14)22(27)24-23-13-19-15(2)25-26(16(19)3)17-9-5-4-6-10-17/h4-13H,1-3H3,(H,24,27)/b23-13-. The first-order chi connectivity index (χ1) is 13.6. The minimum Gasteiger partial charge on any atom is -0.451 e. The van der Waals surface area contributed by atoms with Crippen LogP contribution in [0.3, 0.4) is 0 Å². The fraction of sp³-hybridized carbons (Fsp3) is 0.136. The number of benzene rings is 2. The number of hydrogen-bond acceptors (Lipinski definition) is 4. The molecule has 0 fully saturated rings. The molecule has 0 atom stereocenters. The Hall–Kier alpha value is -3.67. The Morgan fingerprint density at radius 1 is 1.07 bits per heavy atom. The Morgan fingerprint density at radius 3 is 2.54 bits per heavy atom. The van der Waals surface area contributed by atoms with Crippen molar-refractivity contribution >= 4 is 23.1 Å². The van der Waals surface area contributed by atoms with E-state index in [-0.39, 0.29) is 11.7 Å². The number of hydrogen-bond donors (Lipinski definition) is 1. The van der Waals surface area contributed by atoms with Crippen LogP contribution in [0.1, 0.15) is 33.1 Å².